The fourth-order valence-corrected chi connectivity index (χ4v) is 2.96. The van der Waals surface area contributed by atoms with Gasteiger partial charge in [-0.1, -0.05) is 35.0 Å². The van der Waals surface area contributed by atoms with Crippen molar-refractivity contribution < 1.29 is 19.2 Å². The van der Waals surface area contributed by atoms with E-state index in [9.17, 15) is 14.7 Å². The summed E-state index contributed by atoms with van der Waals surface area (Å²) in [6.45, 7) is 2.57. The maximum Gasteiger partial charge on any atom is 0.271 e. The van der Waals surface area contributed by atoms with E-state index < -0.39 is 12.0 Å². The number of amides is 2. The number of carbonyl (C=O) groups is 2. The molecule has 10 heteroatoms. The van der Waals surface area contributed by atoms with E-state index in [0.29, 0.717) is 18.1 Å². The third-order valence-corrected chi connectivity index (χ3v) is 4.53. The summed E-state index contributed by atoms with van der Waals surface area (Å²) in [5.74, 6) is 0.103. The molecule has 2 aromatic heterocycles. The Balaban J connectivity index is 1.35. The van der Waals surface area contributed by atoms with Gasteiger partial charge >= 0.3 is 0 Å². The number of fused-ring (bicyclic) bond motifs is 1. The Kier molecular flexibility index (Phi) is 5.09. The van der Waals surface area contributed by atoms with Gasteiger partial charge in [0, 0.05) is 31.1 Å². The average molecular weight is 396 g/mol. The first-order valence-corrected chi connectivity index (χ1v) is 9.21. The third-order valence-electron chi connectivity index (χ3n) is 4.53. The second-order valence-corrected chi connectivity index (χ2v) is 6.84. The fourth-order valence-electron chi connectivity index (χ4n) is 2.96. The number of hydrogen-bond donors (Lipinski definition) is 3. The van der Waals surface area contributed by atoms with Crippen molar-refractivity contribution in [2.24, 2.45) is 0 Å². The summed E-state index contributed by atoms with van der Waals surface area (Å²) in [6, 6.07) is 9.18. The molecule has 1 aromatic carbocycles. The van der Waals surface area contributed by atoms with Crippen molar-refractivity contribution in [1.82, 2.24) is 30.6 Å². The Morgan fingerprint density at radius 2 is 2.17 bits per heavy atom. The first-order chi connectivity index (χ1) is 14.0. The Morgan fingerprint density at radius 3 is 2.97 bits per heavy atom. The van der Waals surface area contributed by atoms with Gasteiger partial charge in [0.15, 0.2) is 5.69 Å². The maximum atomic E-state index is 12.3. The lowest BCUT2D eigenvalue weighted by Crippen LogP contribution is -2.30. The van der Waals surface area contributed by atoms with Gasteiger partial charge in [0.25, 0.3) is 11.8 Å². The highest BCUT2D eigenvalue weighted by Crippen LogP contribution is 2.16. The van der Waals surface area contributed by atoms with Crippen LogP contribution in [0.5, 0.6) is 0 Å². The second-order valence-electron chi connectivity index (χ2n) is 6.84. The van der Waals surface area contributed by atoms with Crippen LogP contribution in [0, 0.1) is 6.92 Å². The van der Waals surface area contributed by atoms with Crippen LogP contribution >= 0.6 is 0 Å². The molecule has 0 fully saturated rings. The first kappa shape index (κ1) is 18.8. The number of aryl methyl sites for hydroxylation is 1. The molecule has 10 nitrogen and oxygen atoms in total. The van der Waals surface area contributed by atoms with Crippen molar-refractivity contribution in [2.75, 3.05) is 13.1 Å². The predicted molar refractivity (Wildman–Crippen MR) is 101 cm³/mol. The standard InChI is InChI=1S/C19H20N6O4/c1-11-2-4-12(5-3-11)17-22-16(29-24-17)6-7-20-18(27)14-8-15-19(28)21-9-13(26)10-25(15)23-14/h2-5,8,13,26H,6-7,9-10H2,1H3,(H,20,27)(H,21,28)/t13-/m0/s1. The van der Waals surface area contributed by atoms with Crippen LogP contribution in [-0.4, -0.2) is 56.0 Å². The molecule has 4 rings (SSSR count). The smallest absolute Gasteiger partial charge is 0.271 e. The molecular weight excluding hydrogens is 376 g/mol. The number of nitrogens with zero attached hydrogens (tertiary/aromatic N) is 4. The van der Waals surface area contributed by atoms with E-state index in [1.165, 1.54) is 10.7 Å². The zero-order valence-electron chi connectivity index (χ0n) is 15.8. The van der Waals surface area contributed by atoms with Crippen molar-refractivity contribution in [3.8, 4) is 11.4 Å². The van der Waals surface area contributed by atoms with Gasteiger partial charge in [0.05, 0.1) is 12.6 Å². The number of rotatable bonds is 5. The molecule has 3 aromatic rings. The molecule has 2 amide bonds. The lowest BCUT2D eigenvalue weighted by Gasteiger charge is -2.06. The molecule has 1 atom stereocenters. The molecule has 1 aliphatic heterocycles. The van der Waals surface area contributed by atoms with Crippen LogP contribution in [0.1, 0.15) is 32.4 Å². The Hall–Kier alpha value is -3.53. The number of carbonyl (C=O) groups excluding carboxylic acids is 2. The van der Waals surface area contributed by atoms with Gasteiger partial charge in [0.2, 0.25) is 11.7 Å². The van der Waals surface area contributed by atoms with E-state index in [4.69, 9.17) is 4.52 Å². The fraction of sp³-hybridized carbons (Fsp3) is 0.316. The van der Waals surface area contributed by atoms with Crippen LogP contribution < -0.4 is 10.6 Å². The first-order valence-electron chi connectivity index (χ1n) is 9.21. The highest BCUT2D eigenvalue weighted by molar-refractivity contribution is 5.98. The Labute approximate surface area is 165 Å². The van der Waals surface area contributed by atoms with Gasteiger partial charge in [-0.2, -0.15) is 10.1 Å². The van der Waals surface area contributed by atoms with E-state index in [-0.39, 0.29) is 36.9 Å². The molecule has 0 radical (unpaired) electrons. The maximum absolute atomic E-state index is 12.3. The van der Waals surface area contributed by atoms with Crippen molar-refractivity contribution in [3.63, 3.8) is 0 Å². The zero-order chi connectivity index (χ0) is 20.4. The zero-order valence-corrected chi connectivity index (χ0v) is 15.8. The van der Waals surface area contributed by atoms with Gasteiger partial charge in [-0.3, -0.25) is 14.3 Å². The van der Waals surface area contributed by atoms with Gasteiger partial charge in [-0.05, 0) is 6.92 Å². The lowest BCUT2D eigenvalue weighted by atomic mass is 10.1. The van der Waals surface area contributed by atoms with Crippen LogP contribution in [0.15, 0.2) is 34.9 Å². The summed E-state index contributed by atoms with van der Waals surface area (Å²) < 4.78 is 6.57. The van der Waals surface area contributed by atoms with Crippen LogP contribution in [0.3, 0.4) is 0 Å². The molecule has 0 saturated carbocycles. The van der Waals surface area contributed by atoms with Crippen molar-refractivity contribution in [1.29, 1.82) is 0 Å². The van der Waals surface area contributed by atoms with E-state index >= 15 is 0 Å². The molecule has 29 heavy (non-hydrogen) atoms. The van der Waals surface area contributed by atoms with Crippen LogP contribution in [-0.2, 0) is 13.0 Å². The molecule has 0 unspecified atom stereocenters. The number of β-amino-alcohol motifs (C(OH)–C–C–N with tert-alkyl or cyclic N) is 1. The number of aliphatic hydroxyl groups excluding tert-OH is 1. The Bertz CT molecular complexity index is 1040. The topological polar surface area (TPSA) is 135 Å². The number of hydrogen-bond acceptors (Lipinski definition) is 7. The molecular formula is C19H20N6O4. The van der Waals surface area contributed by atoms with Crippen LogP contribution in [0.4, 0.5) is 0 Å². The van der Waals surface area contributed by atoms with Crippen molar-refractivity contribution >= 4 is 11.8 Å². The molecule has 3 N–H and O–H groups in total. The molecule has 0 saturated heterocycles. The van der Waals surface area contributed by atoms with Crippen LogP contribution in [0.25, 0.3) is 11.4 Å². The molecule has 150 valence electrons. The van der Waals surface area contributed by atoms with Crippen LogP contribution in [0.2, 0.25) is 0 Å². The minimum Gasteiger partial charge on any atom is -0.389 e. The lowest BCUT2D eigenvalue weighted by molar-refractivity contribution is 0.0931. The largest absolute Gasteiger partial charge is 0.389 e. The SMILES string of the molecule is Cc1ccc(-c2noc(CCNC(=O)c3cc4n(n3)C[C@@H](O)CNC4=O)n2)cc1. The van der Waals surface area contributed by atoms with Crippen molar-refractivity contribution in [3.05, 3.63) is 53.2 Å². The molecule has 1 aliphatic rings. The third kappa shape index (κ3) is 4.16. The molecule has 0 spiro atoms. The number of benzene rings is 1. The highest BCUT2D eigenvalue weighted by atomic mass is 16.5. The highest BCUT2D eigenvalue weighted by Gasteiger charge is 2.24. The average Bonchev–Trinajstić information content (AvgIpc) is 3.31. The minimum atomic E-state index is -0.753. The second kappa shape index (κ2) is 7.84. The van der Waals surface area contributed by atoms with E-state index in [1.807, 2.05) is 31.2 Å². The predicted octanol–water partition coefficient (Wildman–Crippen LogP) is 0.318. The Morgan fingerprint density at radius 1 is 1.38 bits per heavy atom. The summed E-state index contributed by atoms with van der Waals surface area (Å²) in [4.78, 5) is 28.7. The van der Waals surface area contributed by atoms with Gasteiger partial charge in [-0.25, -0.2) is 0 Å². The number of aromatic nitrogens is 4. The molecule has 0 bridgehead atoms. The molecule has 0 aliphatic carbocycles. The number of aliphatic hydroxyl groups is 1. The summed E-state index contributed by atoms with van der Waals surface area (Å²) in [5, 5.41) is 23.1. The summed E-state index contributed by atoms with van der Waals surface area (Å²) >= 11 is 0. The summed E-state index contributed by atoms with van der Waals surface area (Å²) in [7, 11) is 0. The minimum absolute atomic E-state index is 0.107. The van der Waals surface area contributed by atoms with Gasteiger partial charge in [0.1, 0.15) is 5.69 Å². The van der Waals surface area contributed by atoms with Gasteiger partial charge in [-0.15, -0.1) is 0 Å². The van der Waals surface area contributed by atoms with E-state index in [2.05, 4.69) is 25.9 Å². The normalized spacial score (nSPS) is 16.1. The summed E-state index contributed by atoms with van der Waals surface area (Å²) in [5.41, 5.74) is 2.35. The summed E-state index contributed by atoms with van der Waals surface area (Å²) in [6.07, 6.45) is -0.395. The van der Waals surface area contributed by atoms with Crippen molar-refractivity contribution in [2.45, 2.75) is 26.0 Å². The quantitative estimate of drug-likeness (QED) is 0.565. The number of nitrogens with one attached hydrogen (secondary N) is 2. The molecule has 3 heterocycles. The van der Waals surface area contributed by atoms with Gasteiger partial charge < -0.3 is 20.3 Å². The van der Waals surface area contributed by atoms with E-state index in [1.54, 1.807) is 0 Å². The monoisotopic (exact) mass is 396 g/mol. The van der Waals surface area contributed by atoms with E-state index in [0.717, 1.165) is 11.1 Å².